The number of aryl methyl sites for hydroxylation is 1. The average Bonchev–Trinajstić information content (AvgIpc) is 2.72. The summed E-state index contributed by atoms with van der Waals surface area (Å²) in [7, 11) is 0. The number of nitrogens with one attached hydrogen (secondary N) is 1. The molecule has 2 N–H and O–H groups in total. The Labute approximate surface area is 105 Å². The van der Waals surface area contributed by atoms with Crippen molar-refractivity contribution < 1.29 is 9.90 Å². The van der Waals surface area contributed by atoms with Gasteiger partial charge in [-0.3, -0.25) is 4.79 Å². The van der Waals surface area contributed by atoms with Gasteiger partial charge < -0.3 is 10.4 Å². The van der Waals surface area contributed by atoms with Crippen LogP contribution in [-0.4, -0.2) is 29.1 Å². The Morgan fingerprint density at radius 1 is 1.53 bits per heavy atom. The van der Waals surface area contributed by atoms with Crippen LogP contribution < -0.4 is 5.32 Å². The third kappa shape index (κ3) is 6.19. The van der Waals surface area contributed by atoms with Crippen molar-refractivity contribution in [3.8, 4) is 0 Å². The van der Waals surface area contributed by atoms with Gasteiger partial charge in [0.2, 0.25) is 5.91 Å². The van der Waals surface area contributed by atoms with Crippen LogP contribution in [0.4, 0.5) is 0 Å². The quantitative estimate of drug-likeness (QED) is 0.575. The van der Waals surface area contributed by atoms with Gasteiger partial charge in [0, 0.05) is 24.6 Å². The van der Waals surface area contributed by atoms with E-state index in [0.717, 1.165) is 30.0 Å². The van der Waals surface area contributed by atoms with E-state index < -0.39 is 0 Å². The molecule has 1 heterocycles. The molecule has 0 bridgehead atoms. The maximum atomic E-state index is 11.4. The first-order valence-electron chi connectivity index (χ1n) is 5.71. The highest BCUT2D eigenvalue weighted by Gasteiger charge is 1.96. The van der Waals surface area contributed by atoms with Gasteiger partial charge in [-0.2, -0.15) is 0 Å². The Morgan fingerprint density at radius 3 is 3.00 bits per heavy atom. The fourth-order valence-corrected chi connectivity index (χ4v) is 1.88. The first-order chi connectivity index (χ1) is 8.22. The molecule has 0 aliphatic carbocycles. The number of hydrogen-bond donors (Lipinski definition) is 2. The highest BCUT2D eigenvalue weighted by atomic mass is 32.1. The summed E-state index contributed by atoms with van der Waals surface area (Å²) in [5.41, 5.74) is 0.822. The number of aliphatic hydroxyl groups is 1. The Kier molecular flexibility index (Phi) is 6.50. The molecule has 0 spiro atoms. The van der Waals surface area contributed by atoms with Crippen molar-refractivity contribution in [2.45, 2.75) is 26.2 Å². The van der Waals surface area contributed by atoms with Crippen LogP contribution in [0.1, 0.15) is 30.0 Å². The van der Waals surface area contributed by atoms with Gasteiger partial charge in [-0.25, -0.2) is 4.98 Å². The van der Waals surface area contributed by atoms with Gasteiger partial charge in [-0.15, -0.1) is 11.3 Å². The molecular weight excluding hydrogens is 236 g/mol. The minimum absolute atomic E-state index is 0.0975. The molecule has 0 saturated heterocycles. The molecule has 1 amide bonds. The first-order valence-corrected chi connectivity index (χ1v) is 6.59. The third-order valence-electron chi connectivity index (χ3n) is 2.18. The van der Waals surface area contributed by atoms with Crippen molar-refractivity contribution in [3.05, 3.63) is 22.2 Å². The Hall–Kier alpha value is -1.20. The number of carbonyl (C=O) groups is 1. The summed E-state index contributed by atoms with van der Waals surface area (Å²) in [5.74, 6) is -0.0975. The summed E-state index contributed by atoms with van der Waals surface area (Å²) in [4.78, 5) is 15.6. The zero-order chi connectivity index (χ0) is 12.5. The maximum absolute atomic E-state index is 11.4. The van der Waals surface area contributed by atoms with Gasteiger partial charge in [-0.1, -0.05) is 0 Å². The van der Waals surface area contributed by atoms with E-state index in [1.165, 1.54) is 6.08 Å². The zero-order valence-electron chi connectivity index (χ0n) is 9.98. The summed E-state index contributed by atoms with van der Waals surface area (Å²) in [6, 6.07) is 0. The number of aromatic nitrogens is 1. The van der Waals surface area contributed by atoms with Crippen LogP contribution in [0.5, 0.6) is 0 Å². The van der Waals surface area contributed by atoms with Gasteiger partial charge in [0.15, 0.2) is 0 Å². The van der Waals surface area contributed by atoms with E-state index in [9.17, 15) is 4.79 Å². The minimum atomic E-state index is -0.0975. The van der Waals surface area contributed by atoms with E-state index in [2.05, 4.69) is 10.3 Å². The minimum Gasteiger partial charge on any atom is -0.396 e. The average molecular weight is 254 g/mol. The van der Waals surface area contributed by atoms with Crippen molar-refractivity contribution in [1.82, 2.24) is 10.3 Å². The number of unbranched alkanes of at least 4 members (excludes halogenated alkanes) is 2. The maximum Gasteiger partial charge on any atom is 0.244 e. The predicted octanol–water partition coefficient (Wildman–Crippen LogP) is 1.74. The number of carbonyl (C=O) groups excluding carboxylic acids is 1. The van der Waals surface area contributed by atoms with Crippen molar-refractivity contribution in [1.29, 1.82) is 0 Å². The molecule has 17 heavy (non-hydrogen) atoms. The van der Waals surface area contributed by atoms with Crippen LogP contribution in [0, 0.1) is 6.92 Å². The van der Waals surface area contributed by atoms with E-state index in [-0.39, 0.29) is 12.5 Å². The molecule has 1 aromatic rings. The van der Waals surface area contributed by atoms with Gasteiger partial charge in [0.25, 0.3) is 0 Å². The Bertz CT molecular complexity index is 374. The van der Waals surface area contributed by atoms with Crippen LogP contribution in [0.15, 0.2) is 11.5 Å². The standard InChI is InChI=1S/C12H18N2O2S/c1-10-14-11(9-17-10)5-6-12(16)13-7-3-2-4-8-15/h5-6,9,15H,2-4,7-8H2,1H3,(H,13,16)/b6-5+. The molecule has 0 aromatic carbocycles. The van der Waals surface area contributed by atoms with E-state index in [1.54, 1.807) is 17.4 Å². The SMILES string of the molecule is Cc1nc(/C=C/C(=O)NCCCCCO)cs1. The highest BCUT2D eigenvalue weighted by molar-refractivity contribution is 7.09. The van der Waals surface area contributed by atoms with E-state index in [1.807, 2.05) is 12.3 Å². The van der Waals surface area contributed by atoms with Gasteiger partial charge in [0.1, 0.15) is 0 Å². The molecule has 0 radical (unpaired) electrons. The number of amides is 1. The molecule has 1 aromatic heterocycles. The normalized spacial score (nSPS) is 10.9. The lowest BCUT2D eigenvalue weighted by atomic mass is 10.2. The van der Waals surface area contributed by atoms with Crippen LogP contribution >= 0.6 is 11.3 Å². The second kappa shape index (κ2) is 7.97. The molecule has 0 aliphatic rings. The van der Waals surface area contributed by atoms with Gasteiger partial charge in [0.05, 0.1) is 10.7 Å². The highest BCUT2D eigenvalue weighted by Crippen LogP contribution is 2.08. The second-order valence-corrected chi connectivity index (χ2v) is 4.76. The molecule has 0 fully saturated rings. The predicted molar refractivity (Wildman–Crippen MR) is 69.8 cm³/mol. The molecule has 0 saturated carbocycles. The molecule has 1 rings (SSSR count). The largest absolute Gasteiger partial charge is 0.396 e. The summed E-state index contributed by atoms with van der Waals surface area (Å²) < 4.78 is 0. The number of aliphatic hydroxyl groups excluding tert-OH is 1. The van der Waals surface area contributed by atoms with Crippen LogP contribution in [0.2, 0.25) is 0 Å². The topological polar surface area (TPSA) is 62.2 Å². The van der Waals surface area contributed by atoms with Gasteiger partial charge in [-0.05, 0) is 32.3 Å². The van der Waals surface area contributed by atoms with Crippen LogP contribution in [0.25, 0.3) is 6.08 Å². The number of rotatable bonds is 7. The zero-order valence-corrected chi connectivity index (χ0v) is 10.8. The molecule has 94 valence electrons. The fourth-order valence-electron chi connectivity index (χ4n) is 1.30. The van der Waals surface area contributed by atoms with Crippen molar-refractivity contribution in [2.24, 2.45) is 0 Å². The molecule has 4 nitrogen and oxygen atoms in total. The third-order valence-corrected chi connectivity index (χ3v) is 2.97. The smallest absolute Gasteiger partial charge is 0.244 e. The number of thiazole rings is 1. The molecule has 5 heteroatoms. The molecular formula is C12H18N2O2S. The van der Waals surface area contributed by atoms with E-state index in [4.69, 9.17) is 5.11 Å². The summed E-state index contributed by atoms with van der Waals surface area (Å²) >= 11 is 1.57. The van der Waals surface area contributed by atoms with Crippen LogP contribution in [0.3, 0.4) is 0 Å². The van der Waals surface area contributed by atoms with Crippen molar-refractivity contribution in [2.75, 3.05) is 13.2 Å². The van der Waals surface area contributed by atoms with Crippen molar-refractivity contribution in [3.63, 3.8) is 0 Å². The number of nitrogens with zero attached hydrogens (tertiary/aromatic N) is 1. The second-order valence-electron chi connectivity index (χ2n) is 3.70. The lowest BCUT2D eigenvalue weighted by molar-refractivity contribution is -0.116. The Morgan fingerprint density at radius 2 is 2.35 bits per heavy atom. The first kappa shape index (κ1) is 13.9. The molecule has 0 unspecified atom stereocenters. The lowest BCUT2D eigenvalue weighted by Gasteiger charge is -2.00. The summed E-state index contributed by atoms with van der Waals surface area (Å²) in [6.45, 7) is 2.81. The van der Waals surface area contributed by atoms with E-state index >= 15 is 0 Å². The summed E-state index contributed by atoms with van der Waals surface area (Å²) in [5, 5.41) is 14.3. The van der Waals surface area contributed by atoms with E-state index in [0.29, 0.717) is 6.54 Å². The number of hydrogen-bond acceptors (Lipinski definition) is 4. The monoisotopic (exact) mass is 254 g/mol. The van der Waals surface area contributed by atoms with Crippen molar-refractivity contribution >= 4 is 23.3 Å². The summed E-state index contributed by atoms with van der Waals surface area (Å²) in [6.07, 6.45) is 5.85. The van der Waals surface area contributed by atoms with Crippen LogP contribution in [-0.2, 0) is 4.79 Å². The fraction of sp³-hybridized carbons (Fsp3) is 0.500. The lowest BCUT2D eigenvalue weighted by Crippen LogP contribution is -2.22. The van der Waals surface area contributed by atoms with Gasteiger partial charge >= 0.3 is 0 Å². The molecule has 0 aliphatic heterocycles. The Balaban J connectivity index is 2.18. The molecule has 0 atom stereocenters.